The SMILES string of the molecule is CCN(CC1CCCOC1)C1CCNC1. The van der Waals surface area contributed by atoms with Crippen LogP contribution in [0.25, 0.3) is 0 Å². The molecule has 0 bridgehead atoms. The van der Waals surface area contributed by atoms with Crippen molar-refractivity contribution in [2.24, 2.45) is 5.92 Å². The number of rotatable bonds is 4. The van der Waals surface area contributed by atoms with Crippen LogP contribution in [0, 0.1) is 5.92 Å². The Morgan fingerprint density at radius 2 is 2.33 bits per heavy atom. The lowest BCUT2D eigenvalue weighted by Crippen LogP contribution is -2.41. The van der Waals surface area contributed by atoms with Crippen molar-refractivity contribution in [1.82, 2.24) is 10.2 Å². The second-order valence-electron chi connectivity index (χ2n) is 4.82. The number of hydrogen-bond acceptors (Lipinski definition) is 3. The lowest BCUT2D eigenvalue weighted by atomic mass is 10.0. The Labute approximate surface area is 93.2 Å². The van der Waals surface area contributed by atoms with Crippen LogP contribution in [0.5, 0.6) is 0 Å². The predicted octanol–water partition coefficient (Wildman–Crippen LogP) is 1.10. The van der Waals surface area contributed by atoms with Crippen LogP contribution in [0.3, 0.4) is 0 Å². The molecule has 0 aromatic rings. The summed E-state index contributed by atoms with van der Waals surface area (Å²) < 4.78 is 5.55. The van der Waals surface area contributed by atoms with Crippen molar-refractivity contribution in [3.05, 3.63) is 0 Å². The van der Waals surface area contributed by atoms with Crippen molar-refractivity contribution in [1.29, 1.82) is 0 Å². The summed E-state index contributed by atoms with van der Waals surface area (Å²) in [6.45, 7) is 9.04. The van der Waals surface area contributed by atoms with Gasteiger partial charge in [0, 0.05) is 25.7 Å². The maximum Gasteiger partial charge on any atom is 0.0506 e. The number of nitrogens with zero attached hydrogens (tertiary/aromatic N) is 1. The van der Waals surface area contributed by atoms with Gasteiger partial charge in [-0.1, -0.05) is 6.92 Å². The van der Waals surface area contributed by atoms with E-state index in [0.29, 0.717) is 0 Å². The molecule has 2 fully saturated rings. The lowest BCUT2D eigenvalue weighted by Gasteiger charge is -2.32. The zero-order chi connectivity index (χ0) is 10.5. The molecular formula is C12H24N2O. The molecule has 0 saturated carbocycles. The molecule has 0 aromatic carbocycles. The highest BCUT2D eigenvalue weighted by atomic mass is 16.5. The summed E-state index contributed by atoms with van der Waals surface area (Å²) in [7, 11) is 0. The third-order valence-corrected chi connectivity index (χ3v) is 3.70. The monoisotopic (exact) mass is 212 g/mol. The second kappa shape index (κ2) is 5.83. The maximum atomic E-state index is 5.55. The van der Waals surface area contributed by atoms with Crippen LogP contribution in [0.2, 0.25) is 0 Å². The highest BCUT2D eigenvalue weighted by Crippen LogP contribution is 2.17. The Balaban J connectivity index is 1.78. The Morgan fingerprint density at radius 3 is 2.93 bits per heavy atom. The summed E-state index contributed by atoms with van der Waals surface area (Å²) in [6.07, 6.45) is 3.93. The summed E-state index contributed by atoms with van der Waals surface area (Å²) in [6, 6.07) is 0.775. The first-order chi connectivity index (χ1) is 7.40. The van der Waals surface area contributed by atoms with E-state index < -0.39 is 0 Å². The molecule has 0 aliphatic carbocycles. The molecule has 2 rings (SSSR count). The first-order valence-corrected chi connectivity index (χ1v) is 6.42. The standard InChI is InChI=1S/C12H24N2O/c1-2-14(12-5-6-13-8-12)9-11-4-3-7-15-10-11/h11-13H,2-10H2,1H3. The molecule has 0 spiro atoms. The van der Waals surface area contributed by atoms with Crippen LogP contribution in [0.15, 0.2) is 0 Å². The maximum absolute atomic E-state index is 5.55. The average Bonchev–Trinajstić information content (AvgIpc) is 2.81. The molecule has 2 aliphatic heterocycles. The molecular weight excluding hydrogens is 188 g/mol. The summed E-state index contributed by atoms with van der Waals surface area (Å²) in [4.78, 5) is 2.64. The van der Waals surface area contributed by atoms with Gasteiger partial charge >= 0.3 is 0 Å². The van der Waals surface area contributed by atoms with Gasteiger partial charge in [0.2, 0.25) is 0 Å². The molecule has 15 heavy (non-hydrogen) atoms. The molecule has 3 heteroatoms. The molecule has 1 N–H and O–H groups in total. The van der Waals surface area contributed by atoms with E-state index in [0.717, 1.165) is 25.2 Å². The fraction of sp³-hybridized carbons (Fsp3) is 1.00. The summed E-state index contributed by atoms with van der Waals surface area (Å²) in [5.41, 5.74) is 0. The minimum atomic E-state index is 0.775. The average molecular weight is 212 g/mol. The van der Waals surface area contributed by atoms with Crippen molar-refractivity contribution < 1.29 is 4.74 Å². The minimum absolute atomic E-state index is 0.775. The molecule has 2 atom stereocenters. The normalized spacial score (nSPS) is 32.4. The Bertz CT molecular complexity index is 174. The molecule has 2 unspecified atom stereocenters. The van der Waals surface area contributed by atoms with Gasteiger partial charge in [-0.25, -0.2) is 0 Å². The number of nitrogens with one attached hydrogen (secondary N) is 1. The van der Waals surface area contributed by atoms with Gasteiger partial charge in [0.05, 0.1) is 6.61 Å². The minimum Gasteiger partial charge on any atom is -0.381 e. The van der Waals surface area contributed by atoms with Gasteiger partial charge in [-0.05, 0) is 38.3 Å². The summed E-state index contributed by atoms with van der Waals surface area (Å²) >= 11 is 0. The lowest BCUT2D eigenvalue weighted by molar-refractivity contribution is 0.0333. The molecule has 2 heterocycles. The van der Waals surface area contributed by atoms with E-state index >= 15 is 0 Å². The molecule has 2 aliphatic rings. The van der Waals surface area contributed by atoms with Gasteiger partial charge in [0.1, 0.15) is 0 Å². The van der Waals surface area contributed by atoms with Crippen LogP contribution in [-0.4, -0.2) is 50.3 Å². The first-order valence-electron chi connectivity index (χ1n) is 6.42. The number of ether oxygens (including phenoxy) is 1. The van der Waals surface area contributed by atoms with Crippen LogP contribution >= 0.6 is 0 Å². The predicted molar refractivity (Wildman–Crippen MR) is 62.1 cm³/mol. The van der Waals surface area contributed by atoms with Gasteiger partial charge in [0.25, 0.3) is 0 Å². The summed E-state index contributed by atoms with van der Waals surface area (Å²) in [5, 5.41) is 3.45. The van der Waals surface area contributed by atoms with Crippen molar-refractivity contribution in [3.63, 3.8) is 0 Å². The first kappa shape index (κ1) is 11.4. The van der Waals surface area contributed by atoms with Gasteiger partial charge in [-0.2, -0.15) is 0 Å². The van der Waals surface area contributed by atoms with Crippen molar-refractivity contribution in [2.45, 2.75) is 32.2 Å². The molecule has 0 aromatic heterocycles. The van der Waals surface area contributed by atoms with E-state index in [1.807, 2.05) is 0 Å². The zero-order valence-electron chi connectivity index (χ0n) is 9.87. The van der Waals surface area contributed by atoms with E-state index in [1.165, 1.54) is 45.4 Å². The largest absolute Gasteiger partial charge is 0.381 e. The van der Waals surface area contributed by atoms with Gasteiger partial charge in [0.15, 0.2) is 0 Å². The second-order valence-corrected chi connectivity index (χ2v) is 4.82. The van der Waals surface area contributed by atoms with Crippen LogP contribution in [0.4, 0.5) is 0 Å². The third kappa shape index (κ3) is 3.16. The fourth-order valence-corrected chi connectivity index (χ4v) is 2.77. The van der Waals surface area contributed by atoms with Crippen LogP contribution in [-0.2, 0) is 4.74 Å². The third-order valence-electron chi connectivity index (χ3n) is 3.70. The van der Waals surface area contributed by atoms with Crippen molar-refractivity contribution in [3.8, 4) is 0 Å². The topological polar surface area (TPSA) is 24.5 Å². The van der Waals surface area contributed by atoms with Crippen LogP contribution < -0.4 is 5.32 Å². The summed E-state index contributed by atoms with van der Waals surface area (Å²) in [5.74, 6) is 0.777. The Hall–Kier alpha value is -0.120. The van der Waals surface area contributed by atoms with Gasteiger partial charge in [-0.15, -0.1) is 0 Å². The van der Waals surface area contributed by atoms with Gasteiger partial charge in [-0.3, -0.25) is 4.90 Å². The molecule has 0 radical (unpaired) electrons. The van der Waals surface area contributed by atoms with Gasteiger partial charge < -0.3 is 10.1 Å². The zero-order valence-corrected chi connectivity index (χ0v) is 9.87. The smallest absolute Gasteiger partial charge is 0.0506 e. The highest BCUT2D eigenvalue weighted by molar-refractivity contribution is 4.81. The van der Waals surface area contributed by atoms with Crippen molar-refractivity contribution in [2.75, 3.05) is 39.4 Å². The molecule has 3 nitrogen and oxygen atoms in total. The van der Waals surface area contributed by atoms with E-state index in [1.54, 1.807) is 0 Å². The Kier molecular flexibility index (Phi) is 4.42. The van der Waals surface area contributed by atoms with E-state index in [2.05, 4.69) is 17.1 Å². The quantitative estimate of drug-likeness (QED) is 0.755. The fourth-order valence-electron chi connectivity index (χ4n) is 2.77. The van der Waals surface area contributed by atoms with Crippen molar-refractivity contribution >= 4 is 0 Å². The van der Waals surface area contributed by atoms with E-state index in [-0.39, 0.29) is 0 Å². The number of likely N-dealkylation sites (N-methyl/N-ethyl adjacent to an activating group) is 1. The van der Waals surface area contributed by atoms with E-state index in [4.69, 9.17) is 4.74 Å². The molecule has 2 saturated heterocycles. The molecule has 88 valence electrons. The molecule has 0 amide bonds. The Morgan fingerprint density at radius 1 is 1.40 bits per heavy atom. The highest BCUT2D eigenvalue weighted by Gasteiger charge is 2.24. The van der Waals surface area contributed by atoms with Crippen LogP contribution in [0.1, 0.15) is 26.2 Å². The van der Waals surface area contributed by atoms with E-state index in [9.17, 15) is 0 Å². The number of hydrogen-bond donors (Lipinski definition) is 1.